The van der Waals surface area contributed by atoms with E-state index in [1.54, 1.807) is 12.1 Å². The first-order valence-electron chi connectivity index (χ1n) is 6.90. The molecule has 2 rings (SSSR count). The maximum atomic E-state index is 11.9. The zero-order chi connectivity index (χ0) is 15.2. The number of Topliss-reactive ketones (excluding diaryl/α,β-unsaturated/α-hetero) is 1. The van der Waals surface area contributed by atoms with Crippen molar-refractivity contribution in [3.05, 3.63) is 64.7 Å². The third-order valence-electron chi connectivity index (χ3n) is 3.36. The zero-order valence-corrected chi connectivity index (χ0v) is 12.2. The van der Waals surface area contributed by atoms with Crippen molar-refractivity contribution in [2.75, 3.05) is 0 Å². The lowest BCUT2D eigenvalue weighted by molar-refractivity contribution is 0.0983. The number of carbonyl (C=O) groups is 1. The van der Waals surface area contributed by atoms with Gasteiger partial charge in [-0.05, 0) is 42.3 Å². The molecule has 106 valence electrons. The molecule has 0 aliphatic carbocycles. The standard InChI is InChI=1S/C18H17NO2/c1-3-17(20)16-6-4-5-7-18(16)21-12-15-9-8-14(11-19)10-13(15)2/h4-10H,3,12H2,1-2H3. The predicted octanol–water partition coefficient (Wildman–Crippen LogP) is 4.04. The Labute approximate surface area is 124 Å². The van der Waals surface area contributed by atoms with E-state index in [-0.39, 0.29) is 5.78 Å². The molecule has 0 aliphatic rings. The lowest BCUT2D eigenvalue weighted by Gasteiger charge is -2.12. The number of nitriles is 1. The molecule has 0 saturated carbocycles. The molecule has 21 heavy (non-hydrogen) atoms. The van der Waals surface area contributed by atoms with Gasteiger partial charge in [0.05, 0.1) is 17.2 Å². The van der Waals surface area contributed by atoms with Gasteiger partial charge in [0.25, 0.3) is 0 Å². The number of hydrogen-bond donors (Lipinski definition) is 0. The van der Waals surface area contributed by atoms with Crippen LogP contribution in [0.5, 0.6) is 5.75 Å². The molecule has 0 atom stereocenters. The van der Waals surface area contributed by atoms with Gasteiger partial charge < -0.3 is 4.74 Å². The van der Waals surface area contributed by atoms with Crippen LogP contribution >= 0.6 is 0 Å². The number of para-hydroxylation sites is 1. The Kier molecular flexibility index (Phi) is 4.73. The number of carbonyl (C=O) groups excluding carboxylic acids is 1. The minimum Gasteiger partial charge on any atom is -0.488 e. The second-order valence-electron chi connectivity index (χ2n) is 4.81. The van der Waals surface area contributed by atoms with E-state index in [2.05, 4.69) is 6.07 Å². The Balaban J connectivity index is 2.17. The Morgan fingerprint density at radius 3 is 2.67 bits per heavy atom. The Morgan fingerprint density at radius 2 is 2.00 bits per heavy atom. The van der Waals surface area contributed by atoms with Crippen molar-refractivity contribution in [2.24, 2.45) is 0 Å². The molecule has 0 aromatic heterocycles. The molecule has 0 fully saturated rings. The fourth-order valence-corrected chi connectivity index (χ4v) is 2.10. The smallest absolute Gasteiger partial charge is 0.166 e. The number of ether oxygens (including phenoxy) is 1. The van der Waals surface area contributed by atoms with Crippen LogP contribution in [0.1, 0.15) is 40.4 Å². The summed E-state index contributed by atoms with van der Waals surface area (Å²) in [5.74, 6) is 0.676. The van der Waals surface area contributed by atoms with Crippen molar-refractivity contribution >= 4 is 5.78 Å². The van der Waals surface area contributed by atoms with Crippen LogP contribution in [-0.2, 0) is 6.61 Å². The van der Waals surface area contributed by atoms with Gasteiger partial charge in [0.2, 0.25) is 0 Å². The molecule has 0 radical (unpaired) electrons. The molecule has 0 aliphatic heterocycles. The van der Waals surface area contributed by atoms with Crippen LogP contribution in [0.2, 0.25) is 0 Å². The van der Waals surface area contributed by atoms with Gasteiger partial charge in [-0.25, -0.2) is 0 Å². The van der Waals surface area contributed by atoms with E-state index in [4.69, 9.17) is 10.00 Å². The molecule has 0 amide bonds. The highest BCUT2D eigenvalue weighted by molar-refractivity contribution is 5.98. The summed E-state index contributed by atoms with van der Waals surface area (Å²) < 4.78 is 5.80. The van der Waals surface area contributed by atoms with E-state index in [9.17, 15) is 4.79 Å². The monoisotopic (exact) mass is 279 g/mol. The van der Waals surface area contributed by atoms with E-state index in [1.165, 1.54) is 0 Å². The molecule has 0 bridgehead atoms. The summed E-state index contributed by atoms with van der Waals surface area (Å²) in [6, 6.07) is 14.9. The van der Waals surface area contributed by atoms with E-state index in [0.29, 0.717) is 29.9 Å². The third kappa shape index (κ3) is 3.49. The molecule has 0 spiro atoms. The highest BCUT2D eigenvalue weighted by atomic mass is 16.5. The van der Waals surface area contributed by atoms with E-state index < -0.39 is 0 Å². The molecule has 2 aromatic carbocycles. The van der Waals surface area contributed by atoms with E-state index in [0.717, 1.165) is 11.1 Å². The van der Waals surface area contributed by atoms with Crippen LogP contribution in [0, 0.1) is 18.3 Å². The van der Waals surface area contributed by atoms with Gasteiger partial charge in [-0.3, -0.25) is 4.79 Å². The zero-order valence-electron chi connectivity index (χ0n) is 12.2. The van der Waals surface area contributed by atoms with Crippen molar-refractivity contribution in [3.63, 3.8) is 0 Å². The summed E-state index contributed by atoms with van der Waals surface area (Å²) in [4.78, 5) is 11.9. The number of hydrogen-bond acceptors (Lipinski definition) is 3. The number of rotatable bonds is 5. The van der Waals surface area contributed by atoms with Crippen molar-refractivity contribution in [3.8, 4) is 11.8 Å². The van der Waals surface area contributed by atoms with Gasteiger partial charge in [-0.1, -0.05) is 25.1 Å². The van der Waals surface area contributed by atoms with Crippen LogP contribution in [0.15, 0.2) is 42.5 Å². The summed E-state index contributed by atoms with van der Waals surface area (Å²) in [7, 11) is 0. The number of benzene rings is 2. The Morgan fingerprint density at radius 1 is 1.24 bits per heavy atom. The van der Waals surface area contributed by atoms with Crippen LogP contribution in [0.3, 0.4) is 0 Å². The maximum Gasteiger partial charge on any atom is 0.166 e. The van der Waals surface area contributed by atoms with Gasteiger partial charge >= 0.3 is 0 Å². The average molecular weight is 279 g/mol. The largest absolute Gasteiger partial charge is 0.488 e. The topological polar surface area (TPSA) is 50.1 Å². The number of aryl methyl sites for hydroxylation is 1. The lowest BCUT2D eigenvalue weighted by atomic mass is 10.1. The number of ketones is 1. The number of nitrogens with zero attached hydrogens (tertiary/aromatic N) is 1. The first-order valence-corrected chi connectivity index (χ1v) is 6.90. The summed E-state index contributed by atoms with van der Waals surface area (Å²) in [5.41, 5.74) is 3.27. The Bertz CT molecular complexity index is 699. The minimum atomic E-state index is 0.0714. The molecule has 2 aromatic rings. The minimum absolute atomic E-state index is 0.0714. The van der Waals surface area contributed by atoms with Crippen molar-refractivity contribution in [2.45, 2.75) is 26.9 Å². The quantitative estimate of drug-likeness (QED) is 0.776. The summed E-state index contributed by atoms with van der Waals surface area (Å²) in [6.45, 7) is 4.16. The predicted molar refractivity (Wildman–Crippen MR) is 81.3 cm³/mol. The molecule has 0 unspecified atom stereocenters. The first kappa shape index (κ1) is 14.8. The van der Waals surface area contributed by atoms with Gasteiger partial charge in [0.15, 0.2) is 5.78 Å². The molecule has 0 heterocycles. The van der Waals surface area contributed by atoms with Gasteiger partial charge in [-0.2, -0.15) is 5.26 Å². The van der Waals surface area contributed by atoms with E-state index >= 15 is 0 Å². The van der Waals surface area contributed by atoms with Crippen LogP contribution < -0.4 is 4.74 Å². The molecule has 0 saturated heterocycles. The van der Waals surface area contributed by atoms with Crippen LogP contribution in [-0.4, -0.2) is 5.78 Å². The first-order chi connectivity index (χ1) is 10.2. The molecule has 3 nitrogen and oxygen atoms in total. The van der Waals surface area contributed by atoms with Gasteiger partial charge in [0, 0.05) is 6.42 Å². The summed E-state index contributed by atoms with van der Waals surface area (Å²) in [6.07, 6.45) is 0.455. The van der Waals surface area contributed by atoms with Crippen molar-refractivity contribution < 1.29 is 9.53 Å². The van der Waals surface area contributed by atoms with Crippen LogP contribution in [0.25, 0.3) is 0 Å². The maximum absolute atomic E-state index is 11.9. The van der Waals surface area contributed by atoms with Crippen molar-refractivity contribution in [1.82, 2.24) is 0 Å². The third-order valence-corrected chi connectivity index (χ3v) is 3.36. The second-order valence-corrected chi connectivity index (χ2v) is 4.81. The highest BCUT2D eigenvalue weighted by Gasteiger charge is 2.10. The fourth-order valence-electron chi connectivity index (χ4n) is 2.10. The van der Waals surface area contributed by atoms with Gasteiger partial charge in [0.1, 0.15) is 12.4 Å². The molecular formula is C18H17NO2. The van der Waals surface area contributed by atoms with Crippen molar-refractivity contribution in [1.29, 1.82) is 5.26 Å². The van der Waals surface area contributed by atoms with E-state index in [1.807, 2.05) is 44.2 Å². The van der Waals surface area contributed by atoms with Crippen LogP contribution in [0.4, 0.5) is 0 Å². The molecule has 3 heteroatoms. The lowest BCUT2D eigenvalue weighted by Crippen LogP contribution is -2.04. The molecular weight excluding hydrogens is 262 g/mol. The van der Waals surface area contributed by atoms with Gasteiger partial charge in [-0.15, -0.1) is 0 Å². The SMILES string of the molecule is CCC(=O)c1ccccc1OCc1ccc(C#N)cc1C. The second kappa shape index (κ2) is 6.71. The Hall–Kier alpha value is -2.60. The normalized spacial score (nSPS) is 9.95. The highest BCUT2D eigenvalue weighted by Crippen LogP contribution is 2.22. The summed E-state index contributed by atoms with van der Waals surface area (Å²) >= 11 is 0. The fraction of sp³-hybridized carbons (Fsp3) is 0.222. The average Bonchev–Trinajstić information content (AvgIpc) is 2.53. The summed E-state index contributed by atoms with van der Waals surface area (Å²) in [5, 5.41) is 8.87. The molecule has 0 N–H and O–H groups in total.